The van der Waals surface area contributed by atoms with Crippen molar-refractivity contribution in [2.75, 3.05) is 0 Å². The van der Waals surface area contributed by atoms with Crippen molar-refractivity contribution in [2.24, 2.45) is 11.3 Å². The molecule has 2 aliphatic carbocycles. The zero-order valence-corrected chi connectivity index (χ0v) is 12.5. The molecule has 4 nitrogen and oxygen atoms in total. The van der Waals surface area contributed by atoms with Crippen LogP contribution in [0.25, 0.3) is 0 Å². The fourth-order valence-electron chi connectivity index (χ4n) is 3.88. The third kappa shape index (κ3) is 3.53. The van der Waals surface area contributed by atoms with E-state index in [1.807, 2.05) is 0 Å². The van der Waals surface area contributed by atoms with Gasteiger partial charge in [0, 0.05) is 12.5 Å². The van der Waals surface area contributed by atoms with Crippen molar-refractivity contribution >= 4 is 11.9 Å². The normalized spacial score (nSPS) is 24.2. The predicted octanol–water partition coefficient (Wildman–Crippen LogP) is 3.11. The first-order chi connectivity index (χ1) is 9.53. The molecule has 2 saturated carbocycles. The summed E-state index contributed by atoms with van der Waals surface area (Å²) >= 11 is 0. The molecule has 0 saturated heterocycles. The quantitative estimate of drug-likeness (QED) is 0.813. The highest BCUT2D eigenvalue weighted by Gasteiger charge is 2.43. The predicted molar refractivity (Wildman–Crippen MR) is 77.3 cm³/mol. The largest absolute Gasteiger partial charge is 0.481 e. The lowest BCUT2D eigenvalue weighted by molar-refractivity contribution is -0.151. The Labute approximate surface area is 121 Å². The van der Waals surface area contributed by atoms with Crippen LogP contribution in [0.1, 0.15) is 71.1 Å². The Morgan fingerprint density at radius 1 is 1.15 bits per heavy atom. The summed E-state index contributed by atoms with van der Waals surface area (Å²) in [5, 5.41) is 12.5. The molecule has 0 aromatic heterocycles. The average Bonchev–Trinajstić information content (AvgIpc) is 2.89. The summed E-state index contributed by atoms with van der Waals surface area (Å²) in [6.45, 7) is 2.07. The van der Waals surface area contributed by atoms with Gasteiger partial charge in [0.1, 0.15) is 0 Å². The Morgan fingerprint density at radius 2 is 1.75 bits per heavy atom. The maximum absolute atomic E-state index is 12.2. The summed E-state index contributed by atoms with van der Waals surface area (Å²) in [7, 11) is 0. The fourth-order valence-corrected chi connectivity index (χ4v) is 3.88. The van der Waals surface area contributed by atoms with Gasteiger partial charge in [-0.2, -0.15) is 0 Å². The molecule has 0 radical (unpaired) electrons. The Bertz CT molecular complexity index is 355. The number of carboxylic acids is 1. The van der Waals surface area contributed by atoms with E-state index >= 15 is 0 Å². The number of amides is 1. The minimum Gasteiger partial charge on any atom is -0.481 e. The topological polar surface area (TPSA) is 66.4 Å². The molecule has 0 aromatic carbocycles. The van der Waals surface area contributed by atoms with Crippen LogP contribution >= 0.6 is 0 Å². The van der Waals surface area contributed by atoms with E-state index in [1.54, 1.807) is 0 Å². The number of rotatable bonds is 5. The lowest BCUT2D eigenvalue weighted by Crippen LogP contribution is -2.42. The van der Waals surface area contributed by atoms with E-state index in [-0.39, 0.29) is 18.4 Å². The number of carboxylic acid groups (broad SMARTS) is 1. The van der Waals surface area contributed by atoms with Gasteiger partial charge in [-0.3, -0.25) is 9.59 Å². The van der Waals surface area contributed by atoms with Crippen LogP contribution in [0.15, 0.2) is 0 Å². The molecule has 0 aromatic rings. The maximum Gasteiger partial charge on any atom is 0.310 e. The molecule has 2 N–H and O–H groups in total. The second-order valence-electron chi connectivity index (χ2n) is 6.72. The van der Waals surface area contributed by atoms with Gasteiger partial charge >= 0.3 is 5.97 Å². The summed E-state index contributed by atoms with van der Waals surface area (Å²) in [4.78, 5) is 23.7. The molecular formula is C16H27NO3. The zero-order chi connectivity index (χ0) is 14.6. The van der Waals surface area contributed by atoms with Gasteiger partial charge in [0.15, 0.2) is 0 Å². The lowest BCUT2D eigenvalue weighted by Gasteiger charge is -2.30. The second kappa shape index (κ2) is 6.59. The van der Waals surface area contributed by atoms with Gasteiger partial charge in [-0.15, -0.1) is 0 Å². The Morgan fingerprint density at radius 3 is 2.30 bits per heavy atom. The molecule has 0 aliphatic heterocycles. The van der Waals surface area contributed by atoms with E-state index in [0.717, 1.165) is 12.8 Å². The van der Waals surface area contributed by atoms with Crippen molar-refractivity contribution in [1.29, 1.82) is 0 Å². The van der Waals surface area contributed by atoms with Crippen molar-refractivity contribution in [3.63, 3.8) is 0 Å². The first kappa shape index (κ1) is 15.3. The van der Waals surface area contributed by atoms with Crippen LogP contribution in [0.3, 0.4) is 0 Å². The first-order valence-electron chi connectivity index (χ1n) is 8.06. The molecule has 0 heterocycles. The molecule has 0 unspecified atom stereocenters. The van der Waals surface area contributed by atoms with Gasteiger partial charge < -0.3 is 10.4 Å². The van der Waals surface area contributed by atoms with Crippen LogP contribution in [0.5, 0.6) is 0 Å². The van der Waals surface area contributed by atoms with Gasteiger partial charge in [-0.05, 0) is 38.5 Å². The van der Waals surface area contributed by atoms with Gasteiger partial charge in [0.2, 0.25) is 5.91 Å². The van der Waals surface area contributed by atoms with Crippen molar-refractivity contribution in [3.05, 3.63) is 0 Å². The van der Waals surface area contributed by atoms with Gasteiger partial charge in [0.05, 0.1) is 5.41 Å². The van der Waals surface area contributed by atoms with Crippen molar-refractivity contribution in [2.45, 2.75) is 77.2 Å². The summed E-state index contributed by atoms with van der Waals surface area (Å²) in [6, 6.07) is 0.176. The van der Waals surface area contributed by atoms with Crippen LogP contribution in [0, 0.1) is 11.3 Å². The molecule has 2 fully saturated rings. The number of nitrogens with one attached hydrogen (secondary N) is 1. The van der Waals surface area contributed by atoms with E-state index < -0.39 is 11.4 Å². The van der Waals surface area contributed by atoms with E-state index in [1.165, 1.54) is 32.1 Å². The highest BCUT2D eigenvalue weighted by Crippen LogP contribution is 2.41. The summed E-state index contributed by atoms with van der Waals surface area (Å²) in [5.41, 5.74) is -0.795. The van der Waals surface area contributed by atoms with Crippen LogP contribution in [0.4, 0.5) is 0 Å². The van der Waals surface area contributed by atoms with E-state index in [0.29, 0.717) is 18.8 Å². The molecular weight excluding hydrogens is 254 g/mol. The van der Waals surface area contributed by atoms with E-state index in [4.69, 9.17) is 0 Å². The lowest BCUT2D eigenvalue weighted by atomic mass is 9.81. The highest BCUT2D eigenvalue weighted by molar-refractivity contribution is 5.85. The molecule has 114 valence electrons. The van der Waals surface area contributed by atoms with Crippen LogP contribution in [-0.2, 0) is 9.59 Å². The molecule has 20 heavy (non-hydrogen) atoms. The first-order valence-corrected chi connectivity index (χ1v) is 8.06. The standard InChI is InChI=1S/C16H27NO3/c1-12(13-7-3-2-4-8-13)17-14(18)11-16(15(19)20)9-5-6-10-16/h12-13H,2-11H2,1H3,(H,17,18)(H,19,20)/t12-/m0/s1. The highest BCUT2D eigenvalue weighted by atomic mass is 16.4. The SMILES string of the molecule is C[C@H](NC(=O)CC1(C(=O)O)CCCC1)C1CCCCC1. The molecule has 2 rings (SSSR count). The minimum atomic E-state index is -0.796. The molecule has 4 heteroatoms. The number of hydrogen-bond donors (Lipinski definition) is 2. The third-order valence-electron chi connectivity index (χ3n) is 5.26. The molecule has 0 bridgehead atoms. The smallest absolute Gasteiger partial charge is 0.310 e. The van der Waals surface area contributed by atoms with E-state index in [9.17, 15) is 14.7 Å². The number of carbonyl (C=O) groups is 2. The zero-order valence-electron chi connectivity index (χ0n) is 12.5. The Hall–Kier alpha value is -1.06. The monoisotopic (exact) mass is 281 g/mol. The van der Waals surface area contributed by atoms with Crippen molar-refractivity contribution < 1.29 is 14.7 Å². The average molecular weight is 281 g/mol. The molecule has 1 amide bonds. The molecule has 0 spiro atoms. The van der Waals surface area contributed by atoms with Crippen molar-refractivity contribution in [3.8, 4) is 0 Å². The number of carbonyl (C=O) groups excluding carboxylic acids is 1. The van der Waals surface area contributed by atoms with Crippen LogP contribution in [0.2, 0.25) is 0 Å². The number of hydrogen-bond acceptors (Lipinski definition) is 2. The number of aliphatic carboxylic acids is 1. The Balaban J connectivity index is 1.86. The van der Waals surface area contributed by atoms with Gasteiger partial charge in [-0.1, -0.05) is 32.1 Å². The van der Waals surface area contributed by atoms with Gasteiger partial charge in [0.25, 0.3) is 0 Å². The Kier molecular flexibility index (Phi) is 5.06. The van der Waals surface area contributed by atoms with Gasteiger partial charge in [-0.25, -0.2) is 0 Å². The third-order valence-corrected chi connectivity index (χ3v) is 5.26. The van der Waals surface area contributed by atoms with Crippen molar-refractivity contribution in [1.82, 2.24) is 5.32 Å². The summed E-state index contributed by atoms with van der Waals surface area (Å²) < 4.78 is 0. The fraction of sp³-hybridized carbons (Fsp3) is 0.875. The summed E-state index contributed by atoms with van der Waals surface area (Å²) in [5.74, 6) is -0.306. The van der Waals surface area contributed by atoms with Crippen LogP contribution < -0.4 is 5.32 Å². The van der Waals surface area contributed by atoms with E-state index in [2.05, 4.69) is 12.2 Å². The summed E-state index contributed by atoms with van der Waals surface area (Å²) in [6.07, 6.45) is 9.49. The van der Waals surface area contributed by atoms with Crippen LogP contribution in [-0.4, -0.2) is 23.0 Å². The minimum absolute atomic E-state index is 0.0765. The molecule has 1 atom stereocenters. The second-order valence-corrected chi connectivity index (χ2v) is 6.72. The maximum atomic E-state index is 12.2. The molecule has 2 aliphatic rings.